The van der Waals surface area contributed by atoms with Gasteiger partial charge in [-0.3, -0.25) is 4.79 Å². The van der Waals surface area contributed by atoms with E-state index in [-0.39, 0.29) is 11.7 Å². The molecule has 8 heteroatoms. The first-order chi connectivity index (χ1) is 14.0. The van der Waals surface area contributed by atoms with Crippen LogP contribution in [0.2, 0.25) is 10.0 Å². The summed E-state index contributed by atoms with van der Waals surface area (Å²) in [6.07, 6.45) is 4.71. The van der Waals surface area contributed by atoms with Gasteiger partial charge in [0.15, 0.2) is 0 Å². The van der Waals surface area contributed by atoms with Crippen molar-refractivity contribution in [3.63, 3.8) is 0 Å². The topological polar surface area (TPSA) is 86.3 Å². The maximum absolute atomic E-state index is 12.4. The van der Waals surface area contributed by atoms with E-state index in [4.69, 9.17) is 23.2 Å². The number of pyridine rings is 1. The lowest BCUT2D eigenvalue weighted by atomic mass is 10.2. The van der Waals surface area contributed by atoms with Crippen molar-refractivity contribution in [2.45, 2.75) is 0 Å². The lowest BCUT2D eigenvalue weighted by Gasteiger charge is -2.11. The summed E-state index contributed by atoms with van der Waals surface area (Å²) in [7, 11) is 1.72. The molecule has 0 unspecified atom stereocenters. The number of hydrogen-bond acceptors (Lipinski definition) is 5. The zero-order valence-electron chi connectivity index (χ0n) is 15.4. The van der Waals surface area contributed by atoms with Crippen molar-refractivity contribution in [3.05, 3.63) is 76.4 Å². The highest BCUT2D eigenvalue weighted by Crippen LogP contribution is 2.32. The van der Waals surface area contributed by atoms with Crippen molar-refractivity contribution in [2.75, 3.05) is 23.0 Å². The van der Waals surface area contributed by atoms with E-state index in [1.165, 1.54) is 6.08 Å². The first kappa shape index (κ1) is 20.5. The van der Waals surface area contributed by atoms with Crippen LogP contribution in [-0.4, -0.2) is 23.0 Å². The Balaban J connectivity index is 1.76. The van der Waals surface area contributed by atoms with E-state index in [9.17, 15) is 9.90 Å². The molecule has 0 fully saturated rings. The molecule has 3 aromatic rings. The van der Waals surface area contributed by atoms with Gasteiger partial charge < -0.3 is 21.1 Å². The summed E-state index contributed by atoms with van der Waals surface area (Å²) in [5.74, 6) is 0.420. The molecule has 4 N–H and O–H groups in total. The van der Waals surface area contributed by atoms with Crippen LogP contribution in [-0.2, 0) is 4.79 Å². The van der Waals surface area contributed by atoms with Crippen LogP contribution in [0.25, 0.3) is 6.08 Å². The number of halogens is 2. The Labute approximate surface area is 178 Å². The van der Waals surface area contributed by atoms with Gasteiger partial charge >= 0.3 is 0 Å². The molecule has 148 valence electrons. The van der Waals surface area contributed by atoms with Crippen LogP contribution in [0.15, 0.2) is 60.8 Å². The molecule has 0 aliphatic rings. The number of nitrogens with one attached hydrogen (secondary N) is 3. The summed E-state index contributed by atoms with van der Waals surface area (Å²) < 4.78 is 0. The average Bonchev–Trinajstić information content (AvgIpc) is 2.71. The molecule has 0 saturated heterocycles. The highest BCUT2D eigenvalue weighted by Gasteiger charge is 2.09. The summed E-state index contributed by atoms with van der Waals surface area (Å²) in [5.41, 5.74) is 2.65. The molecule has 2 aromatic carbocycles. The fourth-order valence-electron chi connectivity index (χ4n) is 2.54. The normalized spacial score (nSPS) is 10.7. The van der Waals surface area contributed by atoms with Gasteiger partial charge in [0.05, 0.1) is 21.4 Å². The number of anilines is 4. The molecule has 1 aromatic heterocycles. The number of aromatic nitrogens is 1. The van der Waals surface area contributed by atoms with E-state index in [0.717, 1.165) is 11.3 Å². The molecule has 0 aliphatic heterocycles. The molecule has 29 heavy (non-hydrogen) atoms. The van der Waals surface area contributed by atoms with Crippen molar-refractivity contribution >= 4 is 58.1 Å². The van der Waals surface area contributed by atoms with Crippen LogP contribution in [0.1, 0.15) is 5.56 Å². The van der Waals surface area contributed by atoms with Gasteiger partial charge in [0, 0.05) is 30.6 Å². The number of carbonyl (C=O) groups excluding carboxylic acids is 1. The van der Waals surface area contributed by atoms with Crippen molar-refractivity contribution < 1.29 is 9.90 Å². The Kier molecular flexibility index (Phi) is 6.59. The Hall–Kier alpha value is -3.22. The summed E-state index contributed by atoms with van der Waals surface area (Å²) in [6, 6.07) is 13.4. The minimum atomic E-state index is -0.334. The lowest BCUT2D eigenvalue weighted by molar-refractivity contribution is -0.111. The maximum atomic E-state index is 12.4. The van der Waals surface area contributed by atoms with Crippen molar-refractivity contribution in [1.29, 1.82) is 0 Å². The lowest BCUT2D eigenvalue weighted by Crippen LogP contribution is -2.10. The molecular formula is C21H18Cl2N4O2. The highest BCUT2D eigenvalue weighted by atomic mass is 35.5. The summed E-state index contributed by atoms with van der Waals surface area (Å²) in [5, 5.41) is 19.0. The van der Waals surface area contributed by atoms with E-state index in [0.29, 0.717) is 27.2 Å². The number of phenolic OH excluding ortho intramolecular Hbond substituents is 1. The van der Waals surface area contributed by atoms with Gasteiger partial charge in [-0.2, -0.15) is 0 Å². The van der Waals surface area contributed by atoms with Crippen LogP contribution in [0.4, 0.5) is 22.9 Å². The Morgan fingerprint density at radius 2 is 1.76 bits per heavy atom. The van der Waals surface area contributed by atoms with Crippen molar-refractivity contribution in [1.82, 2.24) is 4.98 Å². The smallest absolute Gasteiger partial charge is 0.248 e. The molecule has 6 nitrogen and oxygen atoms in total. The fourth-order valence-corrected chi connectivity index (χ4v) is 2.86. The van der Waals surface area contributed by atoms with Gasteiger partial charge in [0.1, 0.15) is 11.6 Å². The maximum Gasteiger partial charge on any atom is 0.248 e. The first-order valence-corrected chi connectivity index (χ1v) is 9.39. The molecule has 1 heterocycles. The van der Waals surface area contributed by atoms with Gasteiger partial charge in [0.2, 0.25) is 5.91 Å². The number of hydrogen-bond donors (Lipinski definition) is 4. The predicted octanol–water partition coefficient (Wildman–Crippen LogP) is 5.53. The second-order valence-electron chi connectivity index (χ2n) is 6.00. The summed E-state index contributed by atoms with van der Waals surface area (Å²) in [4.78, 5) is 16.7. The Bertz CT molecular complexity index is 1050. The quantitative estimate of drug-likeness (QED) is 0.306. The van der Waals surface area contributed by atoms with Crippen molar-refractivity contribution in [3.8, 4) is 5.75 Å². The third kappa shape index (κ3) is 5.40. The molecule has 3 rings (SSSR count). The molecule has 1 amide bonds. The molecule has 0 spiro atoms. The fraction of sp³-hybridized carbons (Fsp3) is 0.0476. The highest BCUT2D eigenvalue weighted by molar-refractivity contribution is 6.42. The van der Waals surface area contributed by atoms with E-state index in [1.807, 2.05) is 6.07 Å². The number of rotatable bonds is 6. The molecular weight excluding hydrogens is 411 g/mol. The molecule has 0 radical (unpaired) electrons. The van der Waals surface area contributed by atoms with E-state index < -0.39 is 0 Å². The van der Waals surface area contributed by atoms with E-state index in [1.54, 1.807) is 61.8 Å². The number of phenols is 1. The first-order valence-electron chi connectivity index (χ1n) is 8.63. The molecule has 0 aliphatic carbocycles. The monoisotopic (exact) mass is 428 g/mol. The van der Waals surface area contributed by atoms with E-state index in [2.05, 4.69) is 20.9 Å². The second-order valence-corrected chi connectivity index (χ2v) is 6.81. The van der Waals surface area contributed by atoms with E-state index >= 15 is 0 Å². The van der Waals surface area contributed by atoms with Crippen LogP contribution in [0.3, 0.4) is 0 Å². The van der Waals surface area contributed by atoms with Gasteiger partial charge in [-0.05, 0) is 54.6 Å². The zero-order chi connectivity index (χ0) is 20.8. The number of benzene rings is 2. The SMILES string of the molecule is CNc1cc(Cl)c(Cl)cc1NC(=O)/C=C/c1cccnc1Nc1ccc(O)cc1. The molecule has 0 saturated carbocycles. The second kappa shape index (κ2) is 9.32. The number of nitrogens with zero attached hydrogens (tertiary/aromatic N) is 1. The molecule has 0 bridgehead atoms. The summed E-state index contributed by atoms with van der Waals surface area (Å²) in [6.45, 7) is 0. The average molecular weight is 429 g/mol. The zero-order valence-corrected chi connectivity index (χ0v) is 16.9. The van der Waals surface area contributed by atoms with Crippen LogP contribution < -0.4 is 16.0 Å². The third-order valence-corrected chi connectivity index (χ3v) is 4.69. The van der Waals surface area contributed by atoms with Crippen LogP contribution >= 0.6 is 23.2 Å². The minimum Gasteiger partial charge on any atom is -0.508 e. The van der Waals surface area contributed by atoms with Crippen LogP contribution in [0.5, 0.6) is 5.75 Å². The van der Waals surface area contributed by atoms with Gasteiger partial charge in [-0.1, -0.05) is 23.2 Å². The van der Waals surface area contributed by atoms with Gasteiger partial charge in [0.25, 0.3) is 0 Å². The van der Waals surface area contributed by atoms with Crippen molar-refractivity contribution in [2.24, 2.45) is 0 Å². The largest absolute Gasteiger partial charge is 0.508 e. The third-order valence-electron chi connectivity index (χ3n) is 3.97. The number of amides is 1. The summed E-state index contributed by atoms with van der Waals surface area (Å²) >= 11 is 12.1. The number of aromatic hydroxyl groups is 1. The standard InChI is InChI=1S/C21H18Cl2N4O2/c1-24-18-11-16(22)17(23)12-19(18)27-20(29)9-4-13-3-2-10-25-21(13)26-14-5-7-15(28)8-6-14/h2-12,24,28H,1H3,(H,25,26)(H,27,29)/b9-4+. The minimum absolute atomic E-state index is 0.177. The Morgan fingerprint density at radius 3 is 2.45 bits per heavy atom. The van der Waals surface area contributed by atoms with Gasteiger partial charge in [-0.25, -0.2) is 4.98 Å². The van der Waals surface area contributed by atoms with Crippen LogP contribution in [0, 0.1) is 0 Å². The Morgan fingerprint density at radius 1 is 1.07 bits per heavy atom. The predicted molar refractivity (Wildman–Crippen MR) is 119 cm³/mol. The number of carbonyl (C=O) groups is 1. The van der Waals surface area contributed by atoms with Gasteiger partial charge in [-0.15, -0.1) is 0 Å². The molecule has 0 atom stereocenters.